The smallest absolute Gasteiger partial charge is 0.225 e. The number of ether oxygens (including phenoxy) is 1. The van der Waals surface area contributed by atoms with E-state index in [2.05, 4.69) is 29.0 Å². The Morgan fingerprint density at radius 2 is 2.00 bits per heavy atom. The molecule has 0 spiro atoms. The van der Waals surface area contributed by atoms with E-state index < -0.39 is 0 Å². The zero-order valence-electron chi connectivity index (χ0n) is 16.1. The minimum atomic E-state index is 0. The van der Waals surface area contributed by atoms with Gasteiger partial charge in [0.2, 0.25) is 5.91 Å². The number of piperidine rings is 1. The second-order valence-electron chi connectivity index (χ2n) is 6.73. The molecule has 1 aromatic rings. The van der Waals surface area contributed by atoms with E-state index in [9.17, 15) is 4.79 Å². The van der Waals surface area contributed by atoms with Gasteiger partial charge in [0.25, 0.3) is 0 Å². The predicted octanol–water partition coefficient (Wildman–Crippen LogP) is 2.11. The molecule has 3 heterocycles. The van der Waals surface area contributed by atoms with Crippen molar-refractivity contribution in [3.05, 3.63) is 16.1 Å². The number of amides is 1. The highest BCUT2D eigenvalue weighted by molar-refractivity contribution is 14.0. The molecule has 1 amide bonds. The number of morpholine rings is 1. The molecule has 0 bridgehead atoms. The minimum Gasteiger partial charge on any atom is -0.378 e. The van der Waals surface area contributed by atoms with Crippen LogP contribution in [0.1, 0.15) is 29.7 Å². The Labute approximate surface area is 182 Å². The van der Waals surface area contributed by atoms with E-state index in [1.54, 1.807) is 11.3 Å². The molecule has 2 saturated heterocycles. The summed E-state index contributed by atoms with van der Waals surface area (Å²) in [5.74, 6) is 1.36. The van der Waals surface area contributed by atoms with Gasteiger partial charge in [-0.25, -0.2) is 9.98 Å². The Hall–Kier alpha value is -0.940. The molecule has 7 nitrogen and oxygen atoms in total. The lowest BCUT2D eigenvalue weighted by molar-refractivity contribution is -0.140. The first kappa shape index (κ1) is 22.4. The summed E-state index contributed by atoms with van der Waals surface area (Å²) < 4.78 is 5.35. The fourth-order valence-electron chi connectivity index (χ4n) is 3.42. The molecule has 0 saturated carbocycles. The van der Waals surface area contributed by atoms with Crippen LogP contribution in [0.5, 0.6) is 0 Å². The SMILES string of the molecule is CCNC(=NCc1ncc(C)s1)N1CCC(C(=O)N2CCOCC2)CC1.I. The first-order chi connectivity index (χ1) is 12.7. The van der Waals surface area contributed by atoms with Gasteiger partial charge in [-0.15, -0.1) is 35.3 Å². The molecule has 2 aliphatic rings. The fraction of sp³-hybridized carbons (Fsp3) is 0.722. The normalized spacial score (nSPS) is 19.0. The summed E-state index contributed by atoms with van der Waals surface area (Å²) in [6, 6.07) is 0. The Balaban J connectivity index is 0.00000261. The lowest BCUT2D eigenvalue weighted by Crippen LogP contribution is -2.50. The summed E-state index contributed by atoms with van der Waals surface area (Å²) in [7, 11) is 0. The van der Waals surface area contributed by atoms with Crippen molar-refractivity contribution in [3.8, 4) is 0 Å². The zero-order chi connectivity index (χ0) is 18.4. The summed E-state index contributed by atoms with van der Waals surface area (Å²) >= 11 is 1.69. The average Bonchev–Trinajstić information content (AvgIpc) is 3.10. The maximum atomic E-state index is 12.7. The maximum absolute atomic E-state index is 12.7. The van der Waals surface area contributed by atoms with Gasteiger partial charge < -0.3 is 19.9 Å². The third-order valence-electron chi connectivity index (χ3n) is 4.83. The molecule has 27 heavy (non-hydrogen) atoms. The number of halogens is 1. The Morgan fingerprint density at radius 3 is 2.59 bits per heavy atom. The molecule has 0 aromatic carbocycles. The van der Waals surface area contributed by atoms with E-state index in [1.165, 1.54) is 4.88 Å². The standard InChI is InChI=1S/C18H29N5O2S.HI/c1-3-19-18(21-13-16-20-12-14(2)26-16)23-6-4-15(5-7-23)17(24)22-8-10-25-11-9-22;/h12,15H,3-11,13H2,1-2H3,(H,19,21);1H. The van der Waals surface area contributed by atoms with Gasteiger partial charge in [-0.1, -0.05) is 0 Å². The maximum Gasteiger partial charge on any atom is 0.225 e. The van der Waals surface area contributed by atoms with Gasteiger partial charge in [-0.3, -0.25) is 4.79 Å². The number of guanidine groups is 1. The second-order valence-corrected chi connectivity index (χ2v) is 8.05. The lowest BCUT2D eigenvalue weighted by Gasteiger charge is -2.36. The molecular formula is C18H30IN5O2S. The predicted molar refractivity (Wildman–Crippen MR) is 119 cm³/mol. The van der Waals surface area contributed by atoms with Crippen molar-refractivity contribution in [2.45, 2.75) is 33.2 Å². The number of hydrogen-bond acceptors (Lipinski definition) is 5. The highest BCUT2D eigenvalue weighted by Crippen LogP contribution is 2.21. The number of carbonyl (C=O) groups is 1. The number of hydrogen-bond donors (Lipinski definition) is 1. The van der Waals surface area contributed by atoms with Crippen molar-refractivity contribution in [2.24, 2.45) is 10.9 Å². The number of aromatic nitrogens is 1. The second kappa shape index (κ2) is 11.2. The molecule has 0 aliphatic carbocycles. The Morgan fingerprint density at radius 1 is 1.30 bits per heavy atom. The Kier molecular flexibility index (Phi) is 9.24. The van der Waals surface area contributed by atoms with E-state index >= 15 is 0 Å². The molecule has 0 atom stereocenters. The summed E-state index contributed by atoms with van der Waals surface area (Å²) in [5.41, 5.74) is 0. The van der Waals surface area contributed by atoms with Gasteiger partial charge >= 0.3 is 0 Å². The molecular weight excluding hydrogens is 477 g/mol. The number of rotatable bonds is 4. The number of aliphatic imine (C=N–C) groups is 1. The van der Waals surface area contributed by atoms with Crippen molar-refractivity contribution >= 4 is 47.2 Å². The van der Waals surface area contributed by atoms with Crippen molar-refractivity contribution in [2.75, 3.05) is 45.9 Å². The molecule has 2 fully saturated rings. The highest BCUT2D eigenvalue weighted by atomic mass is 127. The molecule has 0 radical (unpaired) electrons. The van der Waals surface area contributed by atoms with E-state index in [-0.39, 0.29) is 29.9 Å². The fourth-order valence-corrected chi connectivity index (χ4v) is 4.13. The van der Waals surface area contributed by atoms with Crippen LogP contribution in [-0.4, -0.2) is 72.6 Å². The van der Waals surface area contributed by atoms with Crippen LogP contribution >= 0.6 is 35.3 Å². The number of likely N-dealkylation sites (tertiary alicyclic amines) is 1. The molecule has 1 N–H and O–H groups in total. The zero-order valence-corrected chi connectivity index (χ0v) is 19.3. The van der Waals surface area contributed by atoms with Crippen molar-refractivity contribution in [1.29, 1.82) is 0 Å². The van der Waals surface area contributed by atoms with Gasteiger partial charge in [-0.2, -0.15) is 0 Å². The van der Waals surface area contributed by atoms with Crippen LogP contribution < -0.4 is 5.32 Å². The van der Waals surface area contributed by atoms with Gasteiger partial charge in [0.05, 0.1) is 19.8 Å². The van der Waals surface area contributed by atoms with Crippen molar-refractivity contribution in [3.63, 3.8) is 0 Å². The molecule has 0 unspecified atom stereocenters. The number of aryl methyl sites for hydroxylation is 1. The average molecular weight is 507 g/mol. The first-order valence-electron chi connectivity index (χ1n) is 9.48. The van der Waals surface area contributed by atoms with Gasteiger partial charge in [0.1, 0.15) is 5.01 Å². The molecule has 1 aromatic heterocycles. The van der Waals surface area contributed by atoms with Crippen LogP contribution in [0.4, 0.5) is 0 Å². The van der Waals surface area contributed by atoms with E-state index in [0.717, 1.165) is 56.5 Å². The van der Waals surface area contributed by atoms with Crippen molar-refractivity contribution in [1.82, 2.24) is 20.1 Å². The minimum absolute atomic E-state index is 0. The summed E-state index contributed by atoms with van der Waals surface area (Å²) in [6.07, 6.45) is 3.67. The molecule has 2 aliphatic heterocycles. The number of nitrogens with zero attached hydrogens (tertiary/aromatic N) is 4. The monoisotopic (exact) mass is 507 g/mol. The lowest BCUT2D eigenvalue weighted by atomic mass is 9.95. The molecule has 3 rings (SSSR count). The molecule has 152 valence electrons. The summed E-state index contributed by atoms with van der Waals surface area (Å²) in [5, 5.41) is 4.42. The number of carbonyl (C=O) groups excluding carboxylic acids is 1. The topological polar surface area (TPSA) is 70.1 Å². The van der Waals surface area contributed by atoms with Crippen molar-refractivity contribution < 1.29 is 9.53 Å². The third kappa shape index (κ3) is 6.28. The van der Waals surface area contributed by atoms with Crippen LogP contribution in [0, 0.1) is 12.8 Å². The Bertz CT molecular complexity index is 625. The van der Waals surface area contributed by atoms with Crippen LogP contribution in [0.15, 0.2) is 11.2 Å². The van der Waals surface area contributed by atoms with Gasteiger partial charge in [0.15, 0.2) is 5.96 Å². The summed E-state index contributed by atoms with van der Waals surface area (Å²) in [4.78, 5) is 27.2. The molecule has 9 heteroatoms. The van der Waals surface area contributed by atoms with Gasteiger partial charge in [0, 0.05) is 49.7 Å². The van der Waals surface area contributed by atoms with E-state index in [4.69, 9.17) is 9.73 Å². The van der Waals surface area contributed by atoms with E-state index in [0.29, 0.717) is 25.7 Å². The third-order valence-corrected chi connectivity index (χ3v) is 5.73. The van der Waals surface area contributed by atoms with Crippen LogP contribution in [0.2, 0.25) is 0 Å². The highest BCUT2D eigenvalue weighted by Gasteiger charge is 2.30. The quantitative estimate of drug-likeness (QED) is 0.384. The summed E-state index contributed by atoms with van der Waals surface area (Å²) in [6.45, 7) is 10.1. The first-order valence-corrected chi connectivity index (χ1v) is 10.3. The van der Waals surface area contributed by atoms with Crippen LogP contribution in [0.25, 0.3) is 0 Å². The number of thiazole rings is 1. The number of nitrogens with one attached hydrogen (secondary N) is 1. The largest absolute Gasteiger partial charge is 0.378 e. The van der Waals surface area contributed by atoms with Crippen LogP contribution in [-0.2, 0) is 16.1 Å². The van der Waals surface area contributed by atoms with Gasteiger partial charge in [-0.05, 0) is 26.7 Å². The van der Waals surface area contributed by atoms with E-state index in [1.807, 2.05) is 11.1 Å². The van der Waals surface area contributed by atoms with Crippen LogP contribution in [0.3, 0.4) is 0 Å².